The van der Waals surface area contributed by atoms with Gasteiger partial charge in [-0.3, -0.25) is 4.79 Å². The van der Waals surface area contributed by atoms with Crippen molar-refractivity contribution in [2.45, 2.75) is 13.8 Å². The van der Waals surface area contributed by atoms with Gasteiger partial charge >= 0.3 is 0 Å². The number of carbonyl (C=O) groups excluding carboxylic acids is 1. The molecule has 1 amide bonds. The molecule has 2 aromatic carbocycles. The molecule has 0 fully saturated rings. The zero-order valence-corrected chi connectivity index (χ0v) is 11.0. The highest BCUT2D eigenvalue weighted by atomic mass is 19.1. The van der Waals surface area contributed by atoms with Crippen LogP contribution in [0.2, 0.25) is 0 Å². The predicted octanol–water partition coefficient (Wildman–Crippen LogP) is 3.54. The number of phenolic OH excluding ortho intramolecular Hbond substituents is 1. The van der Waals surface area contributed by atoms with Crippen molar-refractivity contribution in [1.29, 1.82) is 0 Å². The summed E-state index contributed by atoms with van der Waals surface area (Å²) in [6, 6.07) is 6.25. The zero-order valence-electron chi connectivity index (χ0n) is 11.0. The lowest BCUT2D eigenvalue weighted by Gasteiger charge is -2.11. The molecule has 2 aromatic rings. The van der Waals surface area contributed by atoms with Crippen molar-refractivity contribution in [3.05, 3.63) is 58.7 Å². The lowest BCUT2D eigenvalue weighted by molar-refractivity contribution is 0.101. The molecule has 0 aliphatic carbocycles. The SMILES string of the molecule is Cc1cc(NC(=O)c2c(F)cccc2F)c(C)cc1O. The highest BCUT2D eigenvalue weighted by Gasteiger charge is 2.18. The van der Waals surface area contributed by atoms with Gasteiger partial charge in [-0.05, 0) is 49.2 Å². The molecule has 0 aliphatic rings. The van der Waals surface area contributed by atoms with Gasteiger partial charge in [-0.1, -0.05) is 6.07 Å². The van der Waals surface area contributed by atoms with Crippen molar-refractivity contribution < 1.29 is 18.7 Å². The van der Waals surface area contributed by atoms with Gasteiger partial charge in [0.15, 0.2) is 0 Å². The molecule has 0 saturated heterocycles. The molecular weight excluding hydrogens is 264 g/mol. The molecule has 0 unspecified atom stereocenters. The van der Waals surface area contributed by atoms with E-state index >= 15 is 0 Å². The van der Waals surface area contributed by atoms with Crippen LogP contribution in [0.15, 0.2) is 30.3 Å². The Morgan fingerprint density at radius 2 is 1.70 bits per heavy atom. The van der Waals surface area contributed by atoms with Crippen molar-refractivity contribution in [3.63, 3.8) is 0 Å². The van der Waals surface area contributed by atoms with Crippen LogP contribution in [0.5, 0.6) is 5.75 Å². The predicted molar refractivity (Wildman–Crippen MR) is 71.9 cm³/mol. The van der Waals surface area contributed by atoms with E-state index in [0.29, 0.717) is 16.8 Å². The quantitative estimate of drug-likeness (QED) is 0.825. The summed E-state index contributed by atoms with van der Waals surface area (Å²) in [7, 11) is 0. The van der Waals surface area contributed by atoms with Crippen LogP contribution < -0.4 is 5.32 Å². The molecule has 5 heteroatoms. The molecule has 0 aliphatic heterocycles. The third-order valence-electron chi connectivity index (χ3n) is 2.98. The Kier molecular flexibility index (Phi) is 3.70. The van der Waals surface area contributed by atoms with Crippen LogP contribution in [-0.2, 0) is 0 Å². The smallest absolute Gasteiger partial charge is 0.261 e. The minimum Gasteiger partial charge on any atom is -0.508 e. The summed E-state index contributed by atoms with van der Waals surface area (Å²) in [5.74, 6) is -2.61. The fourth-order valence-electron chi connectivity index (χ4n) is 1.84. The molecule has 0 spiro atoms. The van der Waals surface area contributed by atoms with E-state index in [1.807, 2.05) is 0 Å². The van der Waals surface area contributed by atoms with Crippen LogP contribution in [0.3, 0.4) is 0 Å². The van der Waals surface area contributed by atoms with Crippen molar-refractivity contribution in [1.82, 2.24) is 0 Å². The Morgan fingerprint density at radius 1 is 1.10 bits per heavy atom. The van der Waals surface area contributed by atoms with Crippen molar-refractivity contribution in [3.8, 4) is 5.75 Å². The zero-order chi connectivity index (χ0) is 14.9. The van der Waals surface area contributed by atoms with Crippen molar-refractivity contribution in [2.24, 2.45) is 0 Å². The van der Waals surface area contributed by atoms with Gasteiger partial charge in [0.05, 0.1) is 0 Å². The van der Waals surface area contributed by atoms with E-state index in [1.54, 1.807) is 19.9 Å². The largest absolute Gasteiger partial charge is 0.508 e. The lowest BCUT2D eigenvalue weighted by Crippen LogP contribution is -2.16. The maximum atomic E-state index is 13.5. The monoisotopic (exact) mass is 277 g/mol. The first-order valence-electron chi connectivity index (χ1n) is 5.95. The topological polar surface area (TPSA) is 49.3 Å². The average Bonchev–Trinajstić information content (AvgIpc) is 2.35. The van der Waals surface area contributed by atoms with Crippen molar-refractivity contribution >= 4 is 11.6 Å². The van der Waals surface area contributed by atoms with Crippen LogP contribution in [0, 0.1) is 25.5 Å². The van der Waals surface area contributed by atoms with Gasteiger partial charge in [0.2, 0.25) is 0 Å². The number of aromatic hydroxyl groups is 1. The molecule has 0 bridgehead atoms. The van der Waals surface area contributed by atoms with E-state index in [9.17, 15) is 18.7 Å². The van der Waals surface area contributed by atoms with Crippen LogP contribution in [0.25, 0.3) is 0 Å². The van der Waals surface area contributed by atoms with Crippen LogP contribution >= 0.6 is 0 Å². The summed E-state index contributed by atoms with van der Waals surface area (Å²) >= 11 is 0. The summed E-state index contributed by atoms with van der Waals surface area (Å²) in [6.07, 6.45) is 0. The van der Waals surface area contributed by atoms with Gasteiger partial charge in [0, 0.05) is 5.69 Å². The van der Waals surface area contributed by atoms with Crippen LogP contribution in [0.1, 0.15) is 21.5 Å². The lowest BCUT2D eigenvalue weighted by atomic mass is 10.1. The molecule has 2 N–H and O–H groups in total. The number of benzene rings is 2. The second-order valence-electron chi connectivity index (χ2n) is 4.50. The number of halogens is 2. The van der Waals surface area contributed by atoms with E-state index in [2.05, 4.69) is 5.32 Å². The molecule has 0 heterocycles. The number of amides is 1. The number of rotatable bonds is 2. The first kappa shape index (κ1) is 14.0. The minimum absolute atomic E-state index is 0.0950. The summed E-state index contributed by atoms with van der Waals surface area (Å²) < 4.78 is 27.0. The van der Waals surface area contributed by atoms with Gasteiger partial charge in [-0.2, -0.15) is 0 Å². The summed E-state index contributed by atoms with van der Waals surface area (Å²) in [5, 5.41) is 12.0. The molecule has 3 nitrogen and oxygen atoms in total. The van der Waals surface area contributed by atoms with E-state index in [-0.39, 0.29) is 5.75 Å². The first-order valence-corrected chi connectivity index (χ1v) is 5.95. The number of hydrogen-bond acceptors (Lipinski definition) is 2. The minimum atomic E-state index is -0.921. The standard InChI is InChI=1S/C15H13F2NO2/c1-8-7-13(19)9(2)6-12(8)18-15(20)14-10(16)4-3-5-11(14)17/h3-7,19H,1-2H3,(H,18,20). The molecular formula is C15H13F2NO2. The van der Waals surface area contributed by atoms with Gasteiger partial charge in [0.1, 0.15) is 22.9 Å². The van der Waals surface area contributed by atoms with Gasteiger partial charge in [-0.25, -0.2) is 8.78 Å². The summed E-state index contributed by atoms with van der Waals surface area (Å²) in [6.45, 7) is 3.33. The normalized spacial score (nSPS) is 10.4. The fourth-order valence-corrected chi connectivity index (χ4v) is 1.84. The first-order chi connectivity index (χ1) is 9.40. The summed E-state index contributed by atoms with van der Waals surface area (Å²) in [4.78, 5) is 12.0. The third kappa shape index (κ3) is 2.61. The number of aryl methyl sites for hydroxylation is 2. The van der Waals surface area contributed by atoms with E-state index in [4.69, 9.17) is 0 Å². The molecule has 0 atom stereocenters. The molecule has 20 heavy (non-hydrogen) atoms. The second kappa shape index (κ2) is 5.28. The summed E-state index contributed by atoms with van der Waals surface area (Å²) in [5.41, 5.74) is 0.920. The highest BCUT2D eigenvalue weighted by molar-refractivity contribution is 6.05. The van der Waals surface area contributed by atoms with E-state index < -0.39 is 23.1 Å². The second-order valence-corrected chi connectivity index (χ2v) is 4.50. The van der Waals surface area contributed by atoms with Crippen LogP contribution in [0.4, 0.5) is 14.5 Å². The van der Waals surface area contributed by atoms with Crippen molar-refractivity contribution in [2.75, 3.05) is 5.32 Å². The Bertz CT molecular complexity index is 664. The Balaban J connectivity index is 2.35. The number of phenols is 1. The third-order valence-corrected chi connectivity index (χ3v) is 2.98. The fraction of sp³-hybridized carbons (Fsp3) is 0.133. The number of anilines is 1. The molecule has 2 rings (SSSR count). The van der Waals surface area contributed by atoms with E-state index in [1.165, 1.54) is 12.1 Å². The average molecular weight is 277 g/mol. The Labute approximate surface area is 114 Å². The highest BCUT2D eigenvalue weighted by Crippen LogP contribution is 2.25. The number of hydrogen-bond donors (Lipinski definition) is 2. The van der Waals surface area contributed by atoms with Crippen LogP contribution in [-0.4, -0.2) is 11.0 Å². The maximum absolute atomic E-state index is 13.5. The van der Waals surface area contributed by atoms with E-state index in [0.717, 1.165) is 12.1 Å². The van der Waals surface area contributed by atoms with Gasteiger partial charge in [-0.15, -0.1) is 0 Å². The number of nitrogens with one attached hydrogen (secondary N) is 1. The van der Waals surface area contributed by atoms with Gasteiger partial charge in [0.25, 0.3) is 5.91 Å². The Morgan fingerprint density at radius 3 is 2.30 bits per heavy atom. The molecule has 0 saturated carbocycles. The Hall–Kier alpha value is -2.43. The molecule has 104 valence electrons. The van der Waals surface area contributed by atoms with Gasteiger partial charge < -0.3 is 10.4 Å². The number of carbonyl (C=O) groups is 1. The molecule has 0 radical (unpaired) electrons. The maximum Gasteiger partial charge on any atom is 0.261 e. The molecule has 0 aromatic heterocycles.